The molecule has 4 nitrogen and oxygen atoms in total. The number of hydrogen-bond donors (Lipinski definition) is 1. The summed E-state index contributed by atoms with van der Waals surface area (Å²) in [5.41, 5.74) is 1.47. The van der Waals surface area contributed by atoms with Gasteiger partial charge in [-0.2, -0.15) is 5.10 Å². The summed E-state index contributed by atoms with van der Waals surface area (Å²) in [6.07, 6.45) is 0.0399. The molecular weight excluding hydrogens is 274 g/mol. The fraction of sp³-hybridized carbons (Fsp3) is 0.800. The Labute approximate surface area is 127 Å². The maximum absolute atomic E-state index is 10.7. The summed E-state index contributed by atoms with van der Waals surface area (Å²) in [7, 11) is 0. The molecule has 0 spiro atoms. The van der Waals surface area contributed by atoms with E-state index >= 15 is 0 Å². The Kier molecular flexibility index (Phi) is 6.05. The van der Waals surface area contributed by atoms with Crippen molar-refractivity contribution in [2.24, 2.45) is 0 Å². The van der Waals surface area contributed by atoms with E-state index in [9.17, 15) is 5.11 Å². The molecule has 0 radical (unpaired) electrons. The normalized spacial score (nSPS) is 14.1. The van der Waals surface area contributed by atoms with E-state index in [-0.39, 0.29) is 5.54 Å². The zero-order chi connectivity index (χ0) is 15.5. The van der Waals surface area contributed by atoms with Gasteiger partial charge in [-0.05, 0) is 40.8 Å². The lowest BCUT2D eigenvalue weighted by Crippen LogP contribution is -2.53. The van der Waals surface area contributed by atoms with Crippen LogP contribution in [0, 0.1) is 6.92 Å². The molecule has 0 bridgehead atoms. The summed E-state index contributed by atoms with van der Waals surface area (Å²) in [5.74, 6) is 0. The van der Waals surface area contributed by atoms with Crippen molar-refractivity contribution in [3.8, 4) is 0 Å². The first kappa shape index (κ1) is 17.5. The molecule has 0 aliphatic carbocycles. The quantitative estimate of drug-likeness (QED) is 0.842. The lowest BCUT2D eigenvalue weighted by Gasteiger charge is -2.41. The number of aliphatic hydroxyl groups excluding tert-OH is 1. The van der Waals surface area contributed by atoms with Gasteiger partial charge in [-0.15, -0.1) is 0 Å². The van der Waals surface area contributed by atoms with Gasteiger partial charge in [0, 0.05) is 18.5 Å². The molecule has 1 rings (SSSR count). The third-order valence-corrected chi connectivity index (χ3v) is 4.73. The maximum Gasteiger partial charge on any atom is 0.0848 e. The van der Waals surface area contributed by atoms with Gasteiger partial charge >= 0.3 is 0 Å². The average Bonchev–Trinajstić information content (AvgIpc) is 2.67. The Balaban J connectivity index is 2.98. The molecule has 0 aliphatic heterocycles. The van der Waals surface area contributed by atoms with Crippen LogP contribution in [0.4, 0.5) is 0 Å². The second kappa shape index (κ2) is 6.92. The average molecular weight is 302 g/mol. The lowest BCUT2D eigenvalue weighted by molar-refractivity contribution is -0.00514. The monoisotopic (exact) mass is 301 g/mol. The van der Waals surface area contributed by atoms with E-state index in [1.807, 2.05) is 18.5 Å². The van der Waals surface area contributed by atoms with Crippen molar-refractivity contribution in [3.63, 3.8) is 0 Å². The van der Waals surface area contributed by atoms with Gasteiger partial charge in [0.05, 0.1) is 22.5 Å². The van der Waals surface area contributed by atoms with Crippen LogP contribution in [0.1, 0.15) is 46.0 Å². The molecule has 0 amide bonds. The third kappa shape index (κ3) is 3.35. The van der Waals surface area contributed by atoms with Crippen molar-refractivity contribution in [2.75, 3.05) is 13.1 Å². The smallest absolute Gasteiger partial charge is 0.0848 e. The van der Waals surface area contributed by atoms with Crippen LogP contribution in [0.2, 0.25) is 5.02 Å². The molecule has 0 saturated carbocycles. The Morgan fingerprint density at radius 3 is 2.30 bits per heavy atom. The van der Waals surface area contributed by atoms with E-state index in [1.54, 1.807) is 0 Å². The molecule has 20 heavy (non-hydrogen) atoms. The van der Waals surface area contributed by atoms with Crippen LogP contribution in [0.5, 0.6) is 0 Å². The molecule has 1 N–H and O–H groups in total. The zero-order valence-corrected chi connectivity index (χ0v) is 14.3. The first-order valence-corrected chi connectivity index (χ1v) is 7.82. The summed E-state index contributed by atoms with van der Waals surface area (Å²) in [4.78, 5) is 2.27. The van der Waals surface area contributed by atoms with Crippen molar-refractivity contribution in [1.82, 2.24) is 14.7 Å². The number of nitrogens with zero attached hydrogens (tertiary/aromatic N) is 3. The largest absolute Gasteiger partial charge is 0.391 e. The number of likely N-dealkylation sites (N-methyl/N-ethyl adjacent to an activating group) is 1. The second-order valence-electron chi connectivity index (χ2n) is 5.71. The summed E-state index contributed by atoms with van der Waals surface area (Å²) in [6, 6.07) is 0. The molecule has 116 valence electrons. The third-order valence-electron chi connectivity index (χ3n) is 4.23. The summed E-state index contributed by atoms with van der Waals surface area (Å²) in [5, 5.41) is 15.8. The van der Waals surface area contributed by atoms with E-state index in [4.69, 9.17) is 11.6 Å². The SMILES string of the molecule is CCN(CC)C(C)(C)C(O)Cc1c(Cl)c(C)nn1CC. The number of aliphatic hydroxyl groups is 1. The van der Waals surface area contributed by atoms with Crippen LogP contribution >= 0.6 is 11.6 Å². The van der Waals surface area contributed by atoms with Crippen molar-refractivity contribution in [2.45, 2.75) is 66.2 Å². The van der Waals surface area contributed by atoms with Gasteiger partial charge in [-0.25, -0.2) is 0 Å². The Morgan fingerprint density at radius 2 is 1.85 bits per heavy atom. The molecule has 0 saturated heterocycles. The van der Waals surface area contributed by atoms with Crippen molar-refractivity contribution in [3.05, 3.63) is 16.4 Å². The molecule has 1 aromatic heterocycles. The minimum absolute atomic E-state index is 0.288. The van der Waals surface area contributed by atoms with E-state index in [0.29, 0.717) is 11.4 Å². The van der Waals surface area contributed by atoms with Gasteiger partial charge in [-0.1, -0.05) is 25.4 Å². The van der Waals surface area contributed by atoms with Crippen LogP contribution in [0.25, 0.3) is 0 Å². The highest BCUT2D eigenvalue weighted by Crippen LogP contribution is 2.26. The molecular formula is C15H28ClN3O. The van der Waals surface area contributed by atoms with Crippen LogP contribution < -0.4 is 0 Å². The highest BCUT2D eigenvalue weighted by Gasteiger charge is 2.34. The number of hydrogen-bond acceptors (Lipinski definition) is 3. The predicted molar refractivity (Wildman–Crippen MR) is 84.4 cm³/mol. The van der Waals surface area contributed by atoms with Gasteiger partial charge in [0.15, 0.2) is 0 Å². The molecule has 1 heterocycles. The van der Waals surface area contributed by atoms with Crippen molar-refractivity contribution in [1.29, 1.82) is 0 Å². The van der Waals surface area contributed by atoms with E-state index < -0.39 is 6.10 Å². The van der Waals surface area contributed by atoms with Crippen molar-refractivity contribution < 1.29 is 5.11 Å². The number of aryl methyl sites for hydroxylation is 2. The summed E-state index contributed by atoms with van der Waals surface area (Å²) in [6.45, 7) is 14.9. The molecule has 1 atom stereocenters. The van der Waals surface area contributed by atoms with Crippen LogP contribution in [-0.2, 0) is 13.0 Å². The van der Waals surface area contributed by atoms with Crippen molar-refractivity contribution >= 4 is 11.6 Å². The Morgan fingerprint density at radius 1 is 1.30 bits per heavy atom. The highest BCUT2D eigenvalue weighted by atomic mass is 35.5. The Bertz CT molecular complexity index is 439. The lowest BCUT2D eigenvalue weighted by atomic mass is 9.91. The number of halogens is 1. The van der Waals surface area contributed by atoms with Gasteiger partial charge in [0.2, 0.25) is 0 Å². The topological polar surface area (TPSA) is 41.3 Å². The second-order valence-corrected chi connectivity index (χ2v) is 6.09. The predicted octanol–water partition coefficient (Wildman–Crippen LogP) is 2.89. The molecule has 0 aromatic carbocycles. The molecule has 0 aliphatic rings. The van der Waals surface area contributed by atoms with Gasteiger partial charge in [0.1, 0.15) is 0 Å². The Hall–Kier alpha value is -0.580. The van der Waals surface area contributed by atoms with E-state index in [0.717, 1.165) is 31.0 Å². The van der Waals surface area contributed by atoms with Gasteiger partial charge in [0.25, 0.3) is 0 Å². The van der Waals surface area contributed by atoms with Gasteiger partial charge < -0.3 is 5.11 Å². The van der Waals surface area contributed by atoms with Crippen LogP contribution in [0.15, 0.2) is 0 Å². The minimum Gasteiger partial charge on any atom is -0.391 e. The van der Waals surface area contributed by atoms with Crippen LogP contribution in [0.3, 0.4) is 0 Å². The molecule has 5 heteroatoms. The first-order chi connectivity index (χ1) is 9.29. The van der Waals surface area contributed by atoms with Gasteiger partial charge in [-0.3, -0.25) is 9.58 Å². The van der Waals surface area contributed by atoms with E-state index in [1.165, 1.54) is 0 Å². The van der Waals surface area contributed by atoms with E-state index in [2.05, 4.69) is 37.7 Å². The zero-order valence-electron chi connectivity index (χ0n) is 13.6. The number of rotatable bonds is 7. The molecule has 1 aromatic rings. The summed E-state index contributed by atoms with van der Waals surface area (Å²) >= 11 is 6.33. The maximum atomic E-state index is 10.7. The first-order valence-electron chi connectivity index (χ1n) is 7.44. The van der Waals surface area contributed by atoms with Crippen LogP contribution in [-0.4, -0.2) is 44.5 Å². The number of aromatic nitrogens is 2. The molecule has 1 unspecified atom stereocenters. The standard InChI is InChI=1S/C15H28ClN3O/c1-7-18(8-2)15(5,6)13(20)10-12-14(16)11(4)17-19(12)9-3/h13,20H,7-10H2,1-6H3. The highest BCUT2D eigenvalue weighted by molar-refractivity contribution is 6.31. The minimum atomic E-state index is -0.485. The summed E-state index contributed by atoms with van der Waals surface area (Å²) < 4.78 is 1.89. The fourth-order valence-corrected chi connectivity index (χ4v) is 2.96. The molecule has 0 fully saturated rings. The fourth-order valence-electron chi connectivity index (χ4n) is 2.75.